The summed E-state index contributed by atoms with van der Waals surface area (Å²) < 4.78 is 4.53. The number of unbranched alkanes of at least 4 members (excludes halogenated alkanes) is 1. The summed E-state index contributed by atoms with van der Waals surface area (Å²) in [5.74, 6) is -0.653. The third kappa shape index (κ3) is 4.80. The standard InChI is InChI=1S/C9H12N2O4/c12-8(3-1-2-4-9(13)14)10-7-5-6-15-11-7/h5-6H,1-4H2,(H,13,14)(H,10,11,12). The molecule has 6 nitrogen and oxygen atoms in total. The summed E-state index contributed by atoms with van der Waals surface area (Å²) in [5, 5.41) is 14.4. The molecule has 0 fully saturated rings. The molecule has 0 saturated carbocycles. The first-order valence-electron chi connectivity index (χ1n) is 4.60. The van der Waals surface area contributed by atoms with Crippen molar-refractivity contribution in [1.29, 1.82) is 0 Å². The van der Waals surface area contributed by atoms with E-state index in [-0.39, 0.29) is 12.3 Å². The van der Waals surface area contributed by atoms with E-state index in [1.807, 2.05) is 0 Å². The van der Waals surface area contributed by atoms with Crippen LogP contribution in [0.2, 0.25) is 0 Å². The van der Waals surface area contributed by atoms with Gasteiger partial charge in [-0.15, -0.1) is 0 Å². The van der Waals surface area contributed by atoms with E-state index in [0.717, 1.165) is 0 Å². The zero-order valence-corrected chi connectivity index (χ0v) is 8.10. The van der Waals surface area contributed by atoms with Crippen molar-refractivity contribution in [3.8, 4) is 0 Å². The third-order valence-electron chi connectivity index (χ3n) is 1.75. The van der Waals surface area contributed by atoms with Crippen LogP contribution in [0.4, 0.5) is 5.82 Å². The fraction of sp³-hybridized carbons (Fsp3) is 0.444. The molecule has 0 bridgehead atoms. The second-order valence-corrected chi connectivity index (χ2v) is 3.03. The zero-order valence-electron chi connectivity index (χ0n) is 8.10. The summed E-state index contributed by atoms with van der Waals surface area (Å²) in [6, 6.07) is 1.54. The van der Waals surface area contributed by atoms with Crippen LogP contribution in [0.15, 0.2) is 16.9 Å². The van der Waals surface area contributed by atoms with E-state index in [9.17, 15) is 9.59 Å². The second kappa shape index (κ2) is 5.79. The number of nitrogens with one attached hydrogen (secondary N) is 1. The largest absolute Gasteiger partial charge is 0.481 e. The van der Waals surface area contributed by atoms with Crippen LogP contribution >= 0.6 is 0 Å². The van der Waals surface area contributed by atoms with Gasteiger partial charge in [0.25, 0.3) is 0 Å². The molecule has 0 saturated heterocycles. The Labute approximate surface area is 86.3 Å². The number of anilines is 1. The first-order valence-corrected chi connectivity index (χ1v) is 4.60. The fourth-order valence-electron chi connectivity index (χ4n) is 1.04. The molecule has 0 atom stereocenters. The van der Waals surface area contributed by atoms with Crippen molar-refractivity contribution in [2.45, 2.75) is 25.7 Å². The van der Waals surface area contributed by atoms with E-state index in [1.54, 1.807) is 0 Å². The molecular formula is C9H12N2O4. The highest BCUT2D eigenvalue weighted by Crippen LogP contribution is 2.05. The summed E-state index contributed by atoms with van der Waals surface area (Å²) in [6.45, 7) is 0. The Bertz CT molecular complexity index is 321. The minimum atomic E-state index is -0.841. The maximum absolute atomic E-state index is 11.2. The van der Waals surface area contributed by atoms with E-state index < -0.39 is 5.97 Å². The Kier molecular flexibility index (Phi) is 4.33. The lowest BCUT2D eigenvalue weighted by Gasteiger charge is -1.99. The highest BCUT2D eigenvalue weighted by Gasteiger charge is 2.04. The van der Waals surface area contributed by atoms with E-state index >= 15 is 0 Å². The number of rotatable bonds is 6. The average Bonchev–Trinajstić information content (AvgIpc) is 2.64. The predicted octanol–water partition coefficient (Wildman–Crippen LogP) is 1.26. The van der Waals surface area contributed by atoms with Crippen molar-refractivity contribution in [3.63, 3.8) is 0 Å². The molecule has 0 aliphatic rings. The molecule has 0 unspecified atom stereocenters. The van der Waals surface area contributed by atoms with E-state index in [4.69, 9.17) is 5.11 Å². The van der Waals surface area contributed by atoms with Crippen LogP contribution in [0, 0.1) is 0 Å². The highest BCUT2D eigenvalue weighted by atomic mass is 16.5. The Morgan fingerprint density at radius 1 is 1.40 bits per heavy atom. The minimum absolute atomic E-state index is 0.0945. The van der Waals surface area contributed by atoms with Gasteiger partial charge < -0.3 is 14.9 Å². The lowest BCUT2D eigenvalue weighted by Crippen LogP contribution is -2.11. The number of hydrogen-bond acceptors (Lipinski definition) is 4. The lowest BCUT2D eigenvalue weighted by molar-refractivity contribution is -0.137. The molecule has 1 aromatic heterocycles. The van der Waals surface area contributed by atoms with Gasteiger partial charge in [-0.05, 0) is 12.8 Å². The number of hydrogen-bond donors (Lipinski definition) is 2. The van der Waals surface area contributed by atoms with Crippen LogP contribution in [0.25, 0.3) is 0 Å². The Morgan fingerprint density at radius 2 is 2.13 bits per heavy atom. The Morgan fingerprint density at radius 3 is 2.73 bits per heavy atom. The van der Waals surface area contributed by atoms with Gasteiger partial charge in [-0.3, -0.25) is 9.59 Å². The summed E-state index contributed by atoms with van der Waals surface area (Å²) in [5.41, 5.74) is 0. The molecule has 0 aliphatic carbocycles. The summed E-state index contributed by atoms with van der Waals surface area (Å²) in [4.78, 5) is 21.4. The van der Waals surface area contributed by atoms with E-state index in [1.165, 1.54) is 12.3 Å². The number of amides is 1. The summed E-state index contributed by atoms with van der Waals surface area (Å²) >= 11 is 0. The monoisotopic (exact) mass is 212 g/mol. The number of carbonyl (C=O) groups excluding carboxylic acids is 1. The molecule has 15 heavy (non-hydrogen) atoms. The molecule has 2 N–H and O–H groups in total. The Hall–Kier alpha value is -1.85. The van der Waals surface area contributed by atoms with Crippen molar-refractivity contribution >= 4 is 17.7 Å². The van der Waals surface area contributed by atoms with Crippen molar-refractivity contribution in [2.75, 3.05) is 5.32 Å². The van der Waals surface area contributed by atoms with Gasteiger partial charge in [0.1, 0.15) is 6.26 Å². The molecule has 1 heterocycles. The first-order chi connectivity index (χ1) is 7.18. The van der Waals surface area contributed by atoms with Crippen LogP contribution in [-0.4, -0.2) is 22.1 Å². The van der Waals surface area contributed by atoms with Crippen molar-refractivity contribution in [1.82, 2.24) is 5.16 Å². The number of aromatic nitrogens is 1. The molecule has 1 rings (SSSR count). The molecular weight excluding hydrogens is 200 g/mol. The van der Waals surface area contributed by atoms with Gasteiger partial charge in [0.15, 0.2) is 5.82 Å². The fourth-order valence-corrected chi connectivity index (χ4v) is 1.04. The smallest absolute Gasteiger partial charge is 0.303 e. The van der Waals surface area contributed by atoms with E-state index in [2.05, 4.69) is 15.0 Å². The SMILES string of the molecule is O=C(O)CCCCC(=O)Nc1ccon1. The summed E-state index contributed by atoms with van der Waals surface area (Å²) in [6.07, 6.45) is 2.80. The molecule has 0 radical (unpaired) electrons. The van der Waals surface area contributed by atoms with Gasteiger partial charge in [0, 0.05) is 18.9 Å². The maximum Gasteiger partial charge on any atom is 0.303 e. The van der Waals surface area contributed by atoms with Crippen LogP contribution in [0.3, 0.4) is 0 Å². The normalized spacial score (nSPS) is 9.87. The van der Waals surface area contributed by atoms with Crippen LogP contribution in [0.5, 0.6) is 0 Å². The highest BCUT2D eigenvalue weighted by molar-refractivity contribution is 5.89. The molecule has 0 spiro atoms. The number of carboxylic acids is 1. The van der Waals surface area contributed by atoms with Gasteiger partial charge in [0.2, 0.25) is 5.91 Å². The Balaban J connectivity index is 2.11. The molecule has 6 heteroatoms. The van der Waals surface area contributed by atoms with Crippen molar-refractivity contribution in [3.05, 3.63) is 12.3 Å². The predicted molar refractivity (Wildman–Crippen MR) is 51.2 cm³/mol. The quantitative estimate of drug-likeness (QED) is 0.692. The van der Waals surface area contributed by atoms with Crippen LogP contribution < -0.4 is 5.32 Å². The topological polar surface area (TPSA) is 92.4 Å². The first kappa shape index (κ1) is 11.2. The maximum atomic E-state index is 11.2. The zero-order chi connectivity index (χ0) is 11.1. The van der Waals surface area contributed by atoms with E-state index in [0.29, 0.717) is 25.1 Å². The van der Waals surface area contributed by atoms with Crippen molar-refractivity contribution < 1.29 is 19.2 Å². The third-order valence-corrected chi connectivity index (χ3v) is 1.75. The van der Waals surface area contributed by atoms with Gasteiger partial charge in [-0.2, -0.15) is 0 Å². The van der Waals surface area contributed by atoms with Gasteiger partial charge in [0.05, 0.1) is 0 Å². The molecule has 82 valence electrons. The molecule has 0 aromatic carbocycles. The lowest BCUT2D eigenvalue weighted by atomic mass is 10.2. The number of carbonyl (C=O) groups is 2. The van der Waals surface area contributed by atoms with Gasteiger partial charge in [-0.1, -0.05) is 5.16 Å². The molecule has 0 aliphatic heterocycles. The van der Waals surface area contributed by atoms with Crippen LogP contribution in [0.1, 0.15) is 25.7 Å². The van der Waals surface area contributed by atoms with Gasteiger partial charge in [-0.25, -0.2) is 0 Å². The van der Waals surface area contributed by atoms with Gasteiger partial charge >= 0.3 is 5.97 Å². The number of carboxylic acid groups (broad SMARTS) is 1. The molecule has 1 amide bonds. The average molecular weight is 212 g/mol. The number of aliphatic carboxylic acids is 1. The second-order valence-electron chi connectivity index (χ2n) is 3.03. The minimum Gasteiger partial charge on any atom is -0.481 e. The summed E-state index contributed by atoms with van der Waals surface area (Å²) in [7, 11) is 0. The van der Waals surface area contributed by atoms with Crippen molar-refractivity contribution in [2.24, 2.45) is 0 Å². The van der Waals surface area contributed by atoms with Crippen LogP contribution in [-0.2, 0) is 9.59 Å². The molecule has 1 aromatic rings. The number of nitrogens with zero attached hydrogens (tertiary/aromatic N) is 1.